The van der Waals surface area contributed by atoms with Gasteiger partial charge in [-0.1, -0.05) is 12.1 Å². The number of hydrogen-bond donors (Lipinski definition) is 1. The molecule has 0 fully saturated rings. The fraction of sp³-hybridized carbons (Fsp3) is 0.294. The molecular weight excluding hydrogens is 290 g/mol. The molecule has 1 amide bonds. The maximum absolute atomic E-state index is 12.4. The highest BCUT2D eigenvalue weighted by atomic mass is 16.2. The van der Waals surface area contributed by atoms with Crippen LogP contribution in [0.15, 0.2) is 30.5 Å². The summed E-state index contributed by atoms with van der Waals surface area (Å²) in [5, 5.41) is 8.79. The largest absolute Gasteiger partial charge is 0.368 e. The van der Waals surface area contributed by atoms with Crippen LogP contribution >= 0.6 is 0 Å². The highest BCUT2D eigenvalue weighted by Crippen LogP contribution is 2.18. The molecule has 1 aromatic carbocycles. The molecule has 0 atom stereocenters. The predicted molar refractivity (Wildman–Crippen MR) is 85.0 cm³/mol. The molecule has 0 spiro atoms. The van der Waals surface area contributed by atoms with Crippen LogP contribution in [0.4, 0.5) is 5.95 Å². The van der Waals surface area contributed by atoms with Crippen LogP contribution in [0.5, 0.6) is 0 Å². The summed E-state index contributed by atoms with van der Waals surface area (Å²) in [6, 6.07) is 9.42. The Balaban J connectivity index is 1.59. The number of amides is 1. The summed E-state index contributed by atoms with van der Waals surface area (Å²) < 4.78 is 0. The number of rotatable bonds is 3. The molecule has 0 bridgehead atoms. The van der Waals surface area contributed by atoms with E-state index in [9.17, 15) is 4.79 Å². The number of nitrogens with two attached hydrogens (primary N) is 1. The van der Waals surface area contributed by atoms with Crippen molar-refractivity contribution in [3.8, 4) is 6.07 Å². The van der Waals surface area contributed by atoms with Crippen LogP contribution < -0.4 is 5.73 Å². The van der Waals surface area contributed by atoms with E-state index >= 15 is 0 Å². The molecule has 6 nitrogen and oxygen atoms in total. The summed E-state index contributed by atoms with van der Waals surface area (Å²) in [5.41, 5.74) is 9.21. The number of carbonyl (C=O) groups is 1. The van der Waals surface area contributed by atoms with Crippen molar-refractivity contribution in [2.24, 2.45) is 0 Å². The summed E-state index contributed by atoms with van der Waals surface area (Å²) in [6.45, 7) is 1.18. The molecular formula is C17H17N5O. The molecule has 1 aliphatic rings. The number of carbonyl (C=O) groups excluding carboxylic acids is 1. The maximum atomic E-state index is 12.4. The smallest absolute Gasteiger partial charge is 0.223 e. The third-order valence-electron chi connectivity index (χ3n) is 4.03. The highest BCUT2D eigenvalue weighted by molar-refractivity contribution is 5.76. The van der Waals surface area contributed by atoms with Gasteiger partial charge >= 0.3 is 0 Å². The Labute approximate surface area is 134 Å². The fourth-order valence-corrected chi connectivity index (χ4v) is 2.69. The molecule has 23 heavy (non-hydrogen) atoms. The van der Waals surface area contributed by atoms with Gasteiger partial charge in [0.15, 0.2) is 0 Å². The number of aryl methyl sites for hydroxylation is 1. The molecule has 0 aliphatic carbocycles. The van der Waals surface area contributed by atoms with Crippen molar-refractivity contribution in [2.75, 3.05) is 12.3 Å². The van der Waals surface area contributed by atoms with Gasteiger partial charge in [0.05, 0.1) is 23.9 Å². The molecule has 0 saturated carbocycles. The number of nitrogens with zero attached hydrogens (tertiary/aromatic N) is 4. The minimum atomic E-state index is 0.109. The van der Waals surface area contributed by atoms with E-state index in [1.165, 1.54) is 0 Å². The Hall–Kier alpha value is -2.94. The van der Waals surface area contributed by atoms with Gasteiger partial charge in [0.25, 0.3) is 0 Å². The summed E-state index contributed by atoms with van der Waals surface area (Å²) in [7, 11) is 0. The lowest BCUT2D eigenvalue weighted by atomic mass is 10.0. The number of benzene rings is 1. The van der Waals surface area contributed by atoms with Crippen molar-refractivity contribution in [2.45, 2.75) is 25.8 Å². The second kappa shape index (κ2) is 6.44. The van der Waals surface area contributed by atoms with Crippen molar-refractivity contribution in [1.82, 2.24) is 14.9 Å². The van der Waals surface area contributed by atoms with Gasteiger partial charge < -0.3 is 10.6 Å². The van der Waals surface area contributed by atoms with Gasteiger partial charge in [-0.05, 0) is 36.1 Å². The van der Waals surface area contributed by atoms with Crippen LogP contribution in [-0.2, 0) is 24.2 Å². The SMILES string of the molecule is N#Cc1ccc(CCC(=O)N2CCc3cnc(N)nc3C2)cc1. The first-order valence-corrected chi connectivity index (χ1v) is 7.53. The molecule has 2 N–H and O–H groups in total. The summed E-state index contributed by atoms with van der Waals surface area (Å²) in [4.78, 5) is 22.4. The van der Waals surface area contributed by atoms with Crippen LogP contribution in [0.25, 0.3) is 0 Å². The first kappa shape index (κ1) is 15.0. The van der Waals surface area contributed by atoms with Gasteiger partial charge in [0.2, 0.25) is 11.9 Å². The lowest BCUT2D eigenvalue weighted by Gasteiger charge is -2.28. The summed E-state index contributed by atoms with van der Waals surface area (Å²) >= 11 is 0. The van der Waals surface area contributed by atoms with Gasteiger partial charge in [-0.3, -0.25) is 4.79 Å². The zero-order valence-electron chi connectivity index (χ0n) is 12.7. The minimum absolute atomic E-state index is 0.109. The number of nitrogen functional groups attached to an aromatic ring is 1. The van der Waals surface area contributed by atoms with E-state index < -0.39 is 0 Å². The average Bonchev–Trinajstić information content (AvgIpc) is 2.59. The second-order valence-electron chi connectivity index (χ2n) is 5.57. The molecule has 0 saturated heterocycles. The number of hydrogen-bond acceptors (Lipinski definition) is 5. The first-order valence-electron chi connectivity index (χ1n) is 7.53. The molecule has 2 heterocycles. The van der Waals surface area contributed by atoms with E-state index in [0.717, 1.165) is 23.2 Å². The Kier molecular flexibility index (Phi) is 4.20. The third-order valence-corrected chi connectivity index (χ3v) is 4.03. The van der Waals surface area contributed by atoms with Crippen molar-refractivity contribution in [3.63, 3.8) is 0 Å². The van der Waals surface area contributed by atoms with E-state index in [-0.39, 0.29) is 11.9 Å². The van der Waals surface area contributed by atoms with Crippen LogP contribution in [0.1, 0.15) is 28.8 Å². The summed E-state index contributed by atoms with van der Waals surface area (Å²) in [5.74, 6) is 0.354. The molecule has 0 unspecified atom stereocenters. The van der Waals surface area contributed by atoms with Crippen LogP contribution in [0.2, 0.25) is 0 Å². The molecule has 2 aromatic rings. The van der Waals surface area contributed by atoms with E-state index in [0.29, 0.717) is 31.5 Å². The Morgan fingerprint density at radius 3 is 2.87 bits per heavy atom. The number of nitriles is 1. The maximum Gasteiger partial charge on any atom is 0.223 e. The fourth-order valence-electron chi connectivity index (χ4n) is 2.69. The van der Waals surface area contributed by atoms with Gasteiger partial charge in [-0.25, -0.2) is 9.97 Å². The quantitative estimate of drug-likeness (QED) is 0.925. The van der Waals surface area contributed by atoms with E-state index in [2.05, 4.69) is 16.0 Å². The highest BCUT2D eigenvalue weighted by Gasteiger charge is 2.21. The lowest BCUT2D eigenvalue weighted by molar-refractivity contribution is -0.132. The zero-order chi connectivity index (χ0) is 16.2. The number of fused-ring (bicyclic) bond motifs is 1. The van der Waals surface area contributed by atoms with E-state index in [1.807, 2.05) is 17.0 Å². The normalized spacial score (nSPS) is 13.3. The second-order valence-corrected chi connectivity index (χ2v) is 5.57. The van der Waals surface area contributed by atoms with Gasteiger partial charge in [0, 0.05) is 19.2 Å². The van der Waals surface area contributed by atoms with Gasteiger partial charge in [-0.2, -0.15) is 5.26 Å². The van der Waals surface area contributed by atoms with Crippen LogP contribution in [-0.4, -0.2) is 27.3 Å². The predicted octanol–water partition coefficient (Wildman–Crippen LogP) is 1.45. The Bertz CT molecular complexity index is 764. The number of anilines is 1. The Morgan fingerprint density at radius 1 is 1.35 bits per heavy atom. The monoisotopic (exact) mass is 307 g/mol. The topological polar surface area (TPSA) is 95.9 Å². The number of aromatic nitrogens is 2. The van der Waals surface area contributed by atoms with E-state index in [4.69, 9.17) is 11.0 Å². The third kappa shape index (κ3) is 3.46. The molecule has 6 heteroatoms. The molecule has 116 valence electrons. The molecule has 0 radical (unpaired) electrons. The standard InChI is InChI=1S/C17H17N5O/c18-9-13-3-1-12(2-4-13)5-6-16(23)22-8-7-14-10-20-17(19)21-15(14)11-22/h1-4,10H,5-8,11H2,(H2,19,20,21). The molecule has 1 aliphatic heterocycles. The molecule has 1 aromatic heterocycles. The lowest BCUT2D eigenvalue weighted by Crippen LogP contribution is -2.36. The zero-order valence-corrected chi connectivity index (χ0v) is 12.7. The van der Waals surface area contributed by atoms with Crippen molar-refractivity contribution >= 4 is 11.9 Å². The van der Waals surface area contributed by atoms with Gasteiger partial charge in [0.1, 0.15) is 0 Å². The summed E-state index contributed by atoms with van der Waals surface area (Å²) in [6.07, 6.45) is 3.62. The van der Waals surface area contributed by atoms with Crippen molar-refractivity contribution in [1.29, 1.82) is 5.26 Å². The van der Waals surface area contributed by atoms with Crippen LogP contribution in [0, 0.1) is 11.3 Å². The molecule has 3 rings (SSSR count). The van der Waals surface area contributed by atoms with Gasteiger partial charge in [-0.15, -0.1) is 0 Å². The van der Waals surface area contributed by atoms with Crippen molar-refractivity contribution in [3.05, 3.63) is 52.8 Å². The van der Waals surface area contributed by atoms with Crippen LogP contribution in [0.3, 0.4) is 0 Å². The minimum Gasteiger partial charge on any atom is -0.368 e. The first-order chi connectivity index (χ1) is 11.2. The van der Waals surface area contributed by atoms with Crippen molar-refractivity contribution < 1.29 is 4.79 Å². The van der Waals surface area contributed by atoms with E-state index in [1.54, 1.807) is 18.3 Å². The Morgan fingerprint density at radius 2 is 2.13 bits per heavy atom. The average molecular weight is 307 g/mol.